The summed E-state index contributed by atoms with van der Waals surface area (Å²) in [6.07, 6.45) is -1.55. The van der Waals surface area contributed by atoms with Crippen LogP contribution in [0.4, 0.5) is 0 Å². The minimum Gasteiger partial charge on any atom is -0.748 e. The maximum absolute atomic E-state index is 11.0. The van der Waals surface area contributed by atoms with Crippen LogP contribution in [-0.2, 0) is 31.2 Å². The molecule has 2 rings (SSSR count). The van der Waals surface area contributed by atoms with Gasteiger partial charge in [0.2, 0.25) is 16.1 Å². The number of hydrogen-bond donors (Lipinski definition) is 0. The van der Waals surface area contributed by atoms with Crippen LogP contribution >= 0.6 is 0 Å². The average Bonchev–Trinajstić information content (AvgIpc) is 2.66. The fourth-order valence-electron chi connectivity index (χ4n) is 3.45. The van der Waals surface area contributed by atoms with E-state index in [1.54, 1.807) is 11.0 Å². The van der Waals surface area contributed by atoms with Gasteiger partial charge in [0.15, 0.2) is 11.5 Å². The van der Waals surface area contributed by atoms with Gasteiger partial charge in [-0.25, -0.2) is 16.8 Å². The van der Waals surface area contributed by atoms with Gasteiger partial charge in [0, 0.05) is 44.8 Å². The molecule has 1 aliphatic heterocycles. The van der Waals surface area contributed by atoms with E-state index in [1.807, 2.05) is 6.07 Å². The Morgan fingerprint density at radius 2 is 1.48 bits per heavy atom. The van der Waals surface area contributed by atoms with Crippen LogP contribution in [0.25, 0.3) is 0 Å². The van der Waals surface area contributed by atoms with Gasteiger partial charge < -0.3 is 23.3 Å². The molecule has 0 spiro atoms. The molecule has 1 atom stereocenters. The standard InChI is InChI=1S/C17H28N2O10S2/c1-26-15-5-4-13(16(27-2)17(15)28-3)10-18-6-8-19(9-7-18)11-14(12-30(20,21)22)29-31(23,24)25/h4-5,14H,6-12H2,1-3H3,(H,20,21,22)(H,23,24,25)/p-2. The highest BCUT2D eigenvalue weighted by atomic mass is 32.3. The summed E-state index contributed by atoms with van der Waals surface area (Å²) >= 11 is 0. The van der Waals surface area contributed by atoms with Crippen molar-refractivity contribution in [1.82, 2.24) is 9.80 Å². The van der Waals surface area contributed by atoms with Gasteiger partial charge in [-0.05, 0) is 6.07 Å². The van der Waals surface area contributed by atoms with E-state index in [4.69, 9.17) is 14.2 Å². The Kier molecular flexibility index (Phi) is 8.88. The molecule has 14 heteroatoms. The lowest BCUT2D eigenvalue weighted by Crippen LogP contribution is -2.49. The first-order chi connectivity index (χ1) is 14.5. The van der Waals surface area contributed by atoms with Crippen LogP contribution in [0.5, 0.6) is 17.2 Å². The summed E-state index contributed by atoms with van der Waals surface area (Å²) < 4.78 is 85.9. The van der Waals surface area contributed by atoms with Crippen LogP contribution in [0.1, 0.15) is 5.56 Å². The quantitative estimate of drug-likeness (QED) is 0.287. The maximum Gasteiger partial charge on any atom is 0.217 e. The van der Waals surface area contributed by atoms with Gasteiger partial charge >= 0.3 is 0 Å². The topological polar surface area (TPSA) is 158 Å². The van der Waals surface area contributed by atoms with Crippen LogP contribution in [0.3, 0.4) is 0 Å². The van der Waals surface area contributed by atoms with Crippen LogP contribution in [0.15, 0.2) is 12.1 Å². The highest BCUT2D eigenvalue weighted by molar-refractivity contribution is 7.85. The molecule has 12 nitrogen and oxygen atoms in total. The summed E-state index contributed by atoms with van der Waals surface area (Å²) in [6.45, 7) is 2.41. The summed E-state index contributed by atoms with van der Waals surface area (Å²) in [7, 11) is -5.33. The van der Waals surface area contributed by atoms with Gasteiger partial charge in [0.05, 0.1) is 37.2 Å². The minimum atomic E-state index is -5.14. The van der Waals surface area contributed by atoms with E-state index in [0.717, 1.165) is 5.56 Å². The summed E-state index contributed by atoms with van der Waals surface area (Å²) in [5.74, 6) is 0.482. The molecule has 1 fully saturated rings. The second-order valence-electron chi connectivity index (χ2n) is 6.92. The average molecular weight is 483 g/mol. The summed E-state index contributed by atoms with van der Waals surface area (Å²) in [5, 5.41) is 0. The molecule has 0 bridgehead atoms. The Morgan fingerprint density at radius 3 is 1.97 bits per heavy atom. The van der Waals surface area contributed by atoms with Gasteiger partial charge in [-0.15, -0.1) is 0 Å². The molecule has 1 heterocycles. The van der Waals surface area contributed by atoms with Crippen molar-refractivity contribution in [2.45, 2.75) is 12.6 Å². The molecular weight excluding hydrogens is 456 g/mol. The number of ether oxygens (including phenoxy) is 3. The smallest absolute Gasteiger partial charge is 0.217 e. The monoisotopic (exact) mass is 482 g/mol. The molecular formula is C17H26N2O10S2-2. The van der Waals surface area contributed by atoms with E-state index >= 15 is 0 Å². The summed E-state index contributed by atoms with van der Waals surface area (Å²) in [5.41, 5.74) is 0.879. The first-order valence-corrected chi connectivity index (χ1v) is 12.2. The first-order valence-electron chi connectivity index (χ1n) is 9.26. The largest absolute Gasteiger partial charge is 0.748 e. The Labute approximate surface area is 182 Å². The molecule has 1 aliphatic rings. The van der Waals surface area contributed by atoms with Gasteiger partial charge in [0.1, 0.15) is 6.10 Å². The van der Waals surface area contributed by atoms with Gasteiger partial charge in [-0.2, -0.15) is 0 Å². The normalized spacial score (nSPS) is 17.3. The van der Waals surface area contributed by atoms with Gasteiger partial charge in [-0.1, -0.05) is 6.07 Å². The SMILES string of the molecule is COc1ccc(CN2CCN(CC(CS(=O)(=O)[O-])OS(=O)(=O)[O-])CC2)c(OC)c1OC. The maximum atomic E-state index is 11.0. The zero-order valence-electron chi connectivity index (χ0n) is 17.5. The van der Waals surface area contributed by atoms with Gasteiger partial charge in [0.25, 0.3) is 0 Å². The van der Waals surface area contributed by atoms with E-state index in [0.29, 0.717) is 50.0 Å². The van der Waals surface area contributed by atoms with Crippen molar-refractivity contribution >= 4 is 20.5 Å². The second kappa shape index (κ2) is 10.8. The van der Waals surface area contributed by atoms with Crippen molar-refractivity contribution in [2.24, 2.45) is 0 Å². The lowest BCUT2D eigenvalue weighted by molar-refractivity contribution is 0.0841. The fraction of sp³-hybridized carbons (Fsp3) is 0.647. The predicted octanol–water partition coefficient (Wildman–Crippen LogP) is -0.779. The van der Waals surface area contributed by atoms with Crippen LogP contribution < -0.4 is 14.2 Å². The third-order valence-electron chi connectivity index (χ3n) is 4.75. The molecule has 31 heavy (non-hydrogen) atoms. The number of hydrogen-bond acceptors (Lipinski definition) is 12. The predicted molar refractivity (Wildman–Crippen MR) is 107 cm³/mol. The fourth-order valence-corrected chi connectivity index (χ4v) is 4.63. The molecule has 1 aromatic rings. The van der Waals surface area contributed by atoms with Crippen molar-refractivity contribution in [1.29, 1.82) is 0 Å². The summed E-state index contributed by atoms with van der Waals surface area (Å²) in [6, 6.07) is 3.65. The highest BCUT2D eigenvalue weighted by Crippen LogP contribution is 2.40. The molecule has 1 unspecified atom stereocenters. The molecule has 0 aromatic heterocycles. The van der Waals surface area contributed by atoms with Crippen LogP contribution in [-0.4, -0.2) is 102 Å². The first kappa shape index (κ1) is 25.6. The molecule has 1 aromatic carbocycles. The molecule has 0 saturated carbocycles. The Bertz CT molecular complexity index is 910. The third kappa shape index (κ3) is 8.07. The highest BCUT2D eigenvalue weighted by Gasteiger charge is 2.25. The Hall–Kier alpha value is -1.68. The van der Waals surface area contributed by atoms with Gasteiger partial charge in [-0.3, -0.25) is 14.0 Å². The van der Waals surface area contributed by atoms with Crippen molar-refractivity contribution in [3.05, 3.63) is 17.7 Å². The van der Waals surface area contributed by atoms with Crippen molar-refractivity contribution < 1.29 is 44.3 Å². The lowest BCUT2D eigenvalue weighted by atomic mass is 10.1. The van der Waals surface area contributed by atoms with E-state index < -0.39 is 32.4 Å². The molecule has 178 valence electrons. The Balaban J connectivity index is 2.01. The van der Waals surface area contributed by atoms with Crippen molar-refractivity contribution in [3.8, 4) is 17.2 Å². The molecule has 0 radical (unpaired) electrons. The van der Waals surface area contributed by atoms with E-state index in [-0.39, 0.29) is 6.54 Å². The zero-order valence-corrected chi connectivity index (χ0v) is 19.1. The lowest BCUT2D eigenvalue weighted by Gasteiger charge is -2.36. The van der Waals surface area contributed by atoms with E-state index in [2.05, 4.69) is 9.08 Å². The minimum absolute atomic E-state index is 0.170. The molecule has 0 N–H and O–H groups in total. The Morgan fingerprint density at radius 1 is 0.903 bits per heavy atom. The third-order valence-corrected chi connectivity index (χ3v) is 6.04. The van der Waals surface area contributed by atoms with Crippen LogP contribution in [0.2, 0.25) is 0 Å². The molecule has 0 aliphatic carbocycles. The van der Waals surface area contributed by atoms with Crippen molar-refractivity contribution in [3.63, 3.8) is 0 Å². The van der Waals surface area contributed by atoms with Crippen LogP contribution in [0, 0.1) is 0 Å². The number of piperazine rings is 1. The summed E-state index contributed by atoms with van der Waals surface area (Å²) in [4.78, 5) is 3.86. The number of methoxy groups -OCH3 is 3. The van der Waals surface area contributed by atoms with E-state index in [9.17, 15) is 25.9 Å². The van der Waals surface area contributed by atoms with Crippen molar-refractivity contribution in [2.75, 3.05) is 59.8 Å². The molecule has 1 saturated heterocycles. The number of nitrogens with zero attached hydrogens (tertiary/aromatic N) is 2. The van der Waals surface area contributed by atoms with E-state index in [1.165, 1.54) is 21.3 Å². The number of benzene rings is 1. The second-order valence-corrected chi connectivity index (χ2v) is 9.38. The number of rotatable bonds is 11. The molecule has 0 amide bonds. The zero-order chi connectivity index (χ0) is 23.2.